The first-order chi connectivity index (χ1) is 8.54. The molecule has 0 aromatic heterocycles. The van der Waals surface area contributed by atoms with Crippen LogP contribution in [-0.2, 0) is 9.59 Å². The first-order valence-corrected chi connectivity index (χ1v) is 6.77. The lowest BCUT2D eigenvalue weighted by molar-refractivity contribution is -0.141. The average Bonchev–Trinajstić information content (AvgIpc) is 2.33. The van der Waals surface area contributed by atoms with Crippen molar-refractivity contribution >= 4 is 11.9 Å². The fourth-order valence-corrected chi connectivity index (χ4v) is 2.02. The molecule has 0 bridgehead atoms. The van der Waals surface area contributed by atoms with Gasteiger partial charge in [0.1, 0.15) is 6.04 Å². The maximum atomic E-state index is 11.6. The molecule has 106 valence electrons. The number of nitrogens with two attached hydrogens (primary N) is 1. The summed E-state index contributed by atoms with van der Waals surface area (Å²) < 4.78 is 0. The highest BCUT2D eigenvalue weighted by atomic mass is 16.4. The third-order valence-corrected chi connectivity index (χ3v) is 3.09. The Labute approximate surface area is 109 Å². The predicted molar refractivity (Wildman–Crippen MR) is 71.2 cm³/mol. The van der Waals surface area contributed by atoms with Gasteiger partial charge in [-0.05, 0) is 31.7 Å². The molecule has 0 heterocycles. The molecule has 0 aliphatic carbocycles. The number of nitrogens with one attached hydrogen (secondary N) is 1. The van der Waals surface area contributed by atoms with E-state index in [1.165, 1.54) is 0 Å². The number of carbonyl (C=O) groups excluding carboxylic acids is 1. The summed E-state index contributed by atoms with van der Waals surface area (Å²) in [5.74, 6) is -0.684. The van der Waals surface area contributed by atoms with Crippen molar-refractivity contribution in [2.45, 2.75) is 58.4 Å². The van der Waals surface area contributed by atoms with Crippen molar-refractivity contribution in [2.75, 3.05) is 6.54 Å². The molecule has 0 fully saturated rings. The SMILES string of the molecule is CCCC(CCN)CCC(=O)NC(CC)C(=O)O. The van der Waals surface area contributed by atoms with E-state index in [0.717, 1.165) is 25.7 Å². The maximum absolute atomic E-state index is 11.6. The van der Waals surface area contributed by atoms with Gasteiger partial charge in [-0.2, -0.15) is 0 Å². The van der Waals surface area contributed by atoms with Crippen molar-refractivity contribution in [1.82, 2.24) is 5.32 Å². The van der Waals surface area contributed by atoms with Gasteiger partial charge in [-0.3, -0.25) is 4.79 Å². The van der Waals surface area contributed by atoms with Gasteiger partial charge >= 0.3 is 5.97 Å². The second-order valence-corrected chi connectivity index (χ2v) is 4.64. The molecule has 0 saturated heterocycles. The van der Waals surface area contributed by atoms with Crippen molar-refractivity contribution in [3.8, 4) is 0 Å². The lowest BCUT2D eigenvalue weighted by Crippen LogP contribution is -2.40. The van der Waals surface area contributed by atoms with E-state index in [0.29, 0.717) is 25.3 Å². The van der Waals surface area contributed by atoms with E-state index in [1.807, 2.05) is 0 Å². The first kappa shape index (κ1) is 16.9. The zero-order valence-electron chi connectivity index (χ0n) is 11.4. The topological polar surface area (TPSA) is 92.4 Å². The smallest absolute Gasteiger partial charge is 0.326 e. The molecule has 18 heavy (non-hydrogen) atoms. The van der Waals surface area contributed by atoms with Crippen molar-refractivity contribution in [3.63, 3.8) is 0 Å². The number of carboxylic acid groups (broad SMARTS) is 1. The summed E-state index contributed by atoms with van der Waals surface area (Å²) in [5.41, 5.74) is 5.53. The number of hydrogen-bond donors (Lipinski definition) is 3. The molecule has 0 aromatic carbocycles. The highest BCUT2D eigenvalue weighted by Crippen LogP contribution is 2.16. The van der Waals surface area contributed by atoms with Gasteiger partial charge in [0.15, 0.2) is 0 Å². The summed E-state index contributed by atoms with van der Waals surface area (Å²) in [6.45, 7) is 4.49. The number of hydrogen-bond acceptors (Lipinski definition) is 3. The molecule has 0 aliphatic heterocycles. The molecule has 1 amide bonds. The third-order valence-electron chi connectivity index (χ3n) is 3.09. The van der Waals surface area contributed by atoms with E-state index >= 15 is 0 Å². The molecule has 5 nitrogen and oxygen atoms in total. The molecule has 0 aromatic rings. The van der Waals surface area contributed by atoms with E-state index in [-0.39, 0.29) is 5.91 Å². The molecule has 2 atom stereocenters. The largest absolute Gasteiger partial charge is 0.480 e. The Morgan fingerprint density at radius 3 is 2.33 bits per heavy atom. The Hall–Kier alpha value is -1.10. The lowest BCUT2D eigenvalue weighted by atomic mass is 9.94. The van der Waals surface area contributed by atoms with Gasteiger partial charge < -0.3 is 16.2 Å². The summed E-state index contributed by atoms with van der Waals surface area (Å²) in [7, 11) is 0. The van der Waals surface area contributed by atoms with E-state index < -0.39 is 12.0 Å². The van der Waals surface area contributed by atoms with Crippen LogP contribution in [-0.4, -0.2) is 29.6 Å². The van der Waals surface area contributed by atoms with Gasteiger partial charge in [0.05, 0.1) is 0 Å². The Morgan fingerprint density at radius 1 is 1.22 bits per heavy atom. The van der Waals surface area contributed by atoms with Crippen molar-refractivity contribution in [3.05, 3.63) is 0 Å². The van der Waals surface area contributed by atoms with Crippen LogP contribution in [0.2, 0.25) is 0 Å². The van der Waals surface area contributed by atoms with E-state index in [2.05, 4.69) is 12.2 Å². The van der Waals surface area contributed by atoms with Crippen LogP contribution < -0.4 is 11.1 Å². The van der Waals surface area contributed by atoms with Gasteiger partial charge in [-0.15, -0.1) is 0 Å². The van der Waals surface area contributed by atoms with Crippen molar-refractivity contribution in [1.29, 1.82) is 0 Å². The minimum absolute atomic E-state index is 0.178. The molecule has 0 saturated carbocycles. The zero-order chi connectivity index (χ0) is 14.0. The first-order valence-electron chi connectivity index (χ1n) is 6.77. The highest BCUT2D eigenvalue weighted by molar-refractivity contribution is 5.83. The Balaban J connectivity index is 4.02. The third kappa shape index (κ3) is 7.27. The van der Waals surface area contributed by atoms with Crippen LogP contribution in [0.1, 0.15) is 52.4 Å². The molecule has 0 rings (SSSR count). The number of amides is 1. The quantitative estimate of drug-likeness (QED) is 0.554. The molecular weight excluding hydrogens is 232 g/mol. The fraction of sp³-hybridized carbons (Fsp3) is 0.846. The van der Waals surface area contributed by atoms with Crippen LogP contribution >= 0.6 is 0 Å². The minimum Gasteiger partial charge on any atom is -0.480 e. The van der Waals surface area contributed by atoms with Gasteiger partial charge in [-0.1, -0.05) is 26.7 Å². The number of carbonyl (C=O) groups is 2. The molecule has 5 heteroatoms. The Morgan fingerprint density at radius 2 is 1.89 bits per heavy atom. The zero-order valence-corrected chi connectivity index (χ0v) is 11.4. The molecule has 0 spiro atoms. The van der Waals surface area contributed by atoms with Crippen LogP contribution in [0.15, 0.2) is 0 Å². The summed E-state index contributed by atoms with van der Waals surface area (Å²) in [6.07, 6.45) is 4.65. The summed E-state index contributed by atoms with van der Waals surface area (Å²) in [4.78, 5) is 22.4. The number of rotatable bonds is 10. The fourth-order valence-electron chi connectivity index (χ4n) is 2.02. The maximum Gasteiger partial charge on any atom is 0.326 e. The molecule has 4 N–H and O–H groups in total. The van der Waals surface area contributed by atoms with Crippen LogP contribution in [0.5, 0.6) is 0 Å². The highest BCUT2D eigenvalue weighted by Gasteiger charge is 2.18. The summed E-state index contributed by atoms with van der Waals surface area (Å²) in [5, 5.41) is 11.4. The molecule has 2 unspecified atom stereocenters. The predicted octanol–water partition coefficient (Wildman–Crippen LogP) is 1.51. The second kappa shape index (κ2) is 9.88. The van der Waals surface area contributed by atoms with Crippen molar-refractivity contribution < 1.29 is 14.7 Å². The van der Waals surface area contributed by atoms with E-state index in [9.17, 15) is 9.59 Å². The average molecular weight is 258 g/mol. The number of aliphatic carboxylic acids is 1. The second-order valence-electron chi connectivity index (χ2n) is 4.64. The standard InChI is InChI=1S/C13H26N2O3/c1-3-5-10(8-9-14)6-7-12(16)15-11(4-2)13(17)18/h10-11H,3-9,14H2,1-2H3,(H,15,16)(H,17,18). The van der Waals surface area contributed by atoms with Crippen LogP contribution in [0, 0.1) is 5.92 Å². The Kier molecular flexibility index (Phi) is 9.28. The summed E-state index contributed by atoms with van der Waals surface area (Å²) in [6, 6.07) is -0.767. The lowest BCUT2D eigenvalue weighted by Gasteiger charge is -2.16. The van der Waals surface area contributed by atoms with Crippen LogP contribution in [0.25, 0.3) is 0 Å². The van der Waals surface area contributed by atoms with Gasteiger partial charge in [0, 0.05) is 6.42 Å². The van der Waals surface area contributed by atoms with Gasteiger partial charge in [0.25, 0.3) is 0 Å². The Bertz CT molecular complexity index is 251. The monoisotopic (exact) mass is 258 g/mol. The summed E-state index contributed by atoms with van der Waals surface area (Å²) >= 11 is 0. The number of carboxylic acids is 1. The van der Waals surface area contributed by atoms with Crippen LogP contribution in [0.3, 0.4) is 0 Å². The van der Waals surface area contributed by atoms with Gasteiger partial charge in [0.2, 0.25) is 5.91 Å². The van der Waals surface area contributed by atoms with Crippen molar-refractivity contribution in [2.24, 2.45) is 11.7 Å². The molecule has 0 aliphatic rings. The van der Waals surface area contributed by atoms with E-state index in [4.69, 9.17) is 10.8 Å². The molecule has 0 radical (unpaired) electrons. The molecular formula is C13H26N2O3. The van der Waals surface area contributed by atoms with E-state index in [1.54, 1.807) is 6.92 Å². The van der Waals surface area contributed by atoms with Crippen LogP contribution in [0.4, 0.5) is 0 Å². The van der Waals surface area contributed by atoms with Gasteiger partial charge in [-0.25, -0.2) is 4.79 Å². The minimum atomic E-state index is -0.974. The normalized spacial score (nSPS) is 13.9.